The van der Waals surface area contributed by atoms with Gasteiger partial charge in [-0.3, -0.25) is 0 Å². The highest BCUT2D eigenvalue weighted by atomic mass is 35.5. The molecule has 1 heterocycles. The van der Waals surface area contributed by atoms with E-state index in [-0.39, 0.29) is 29.7 Å². The second-order valence-electron chi connectivity index (χ2n) is 4.07. The molecule has 0 saturated heterocycles. The lowest BCUT2D eigenvalue weighted by atomic mass is 10.0. The van der Waals surface area contributed by atoms with Gasteiger partial charge in [-0.25, -0.2) is 0 Å². The third kappa shape index (κ3) is 3.68. The van der Waals surface area contributed by atoms with Crippen LogP contribution < -0.4 is 4.74 Å². The number of benzene rings is 1. The summed E-state index contributed by atoms with van der Waals surface area (Å²) in [6.45, 7) is -0.142. The van der Waals surface area contributed by atoms with Crippen LogP contribution in [-0.2, 0) is 16.8 Å². The van der Waals surface area contributed by atoms with E-state index < -0.39 is 11.7 Å². The molecule has 0 aliphatic carbocycles. The Kier molecular flexibility index (Phi) is 4.74. The van der Waals surface area contributed by atoms with Gasteiger partial charge in [0.05, 0.1) is 11.4 Å². The lowest BCUT2D eigenvalue weighted by molar-refractivity contribution is -0.137. The highest BCUT2D eigenvalue weighted by Gasteiger charge is 2.35. The smallest absolute Gasteiger partial charge is 0.417 e. The Balaban J connectivity index is 2.44. The molecule has 0 unspecified atom stereocenters. The van der Waals surface area contributed by atoms with Gasteiger partial charge in [-0.2, -0.15) is 13.2 Å². The molecular formula is C13H11ClF3NO3. The maximum Gasteiger partial charge on any atom is 0.417 e. The Bertz CT molecular complexity index is 613. The largest absolute Gasteiger partial charge is 0.468 e. The van der Waals surface area contributed by atoms with Crippen molar-refractivity contribution in [2.45, 2.75) is 12.1 Å². The molecule has 0 atom stereocenters. The van der Waals surface area contributed by atoms with E-state index in [0.717, 1.165) is 6.07 Å². The SMILES string of the molecule is COCOc1ccc(-c2cc(CCl)on2)c(C(F)(F)F)c1. The monoisotopic (exact) mass is 321 g/mol. The highest BCUT2D eigenvalue weighted by Crippen LogP contribution is 2.39. The van der Waals surface area contributed by atoms with Crippen LogP contribution in [0, 0.1) is 0 Å². The van der Waals surface area contributed by atoms with Crippen molar-refractivity contribution in [1.29, 1.82) is 0 Å². The molecule has 4 nitrogen and oxygen atoms in total. The van der Waals surface area contributed by atoms with Crippen LogP contribution in [0.2, 0.25) is 0 Å². The molecule has 1 aromatic heterocycles. The Hall–Kier alpha value is -1.73. The van der Waals surface area contributed by atoms with Gasteiger partial charge in [0.25, 0.3) is 0 Å². The van der Waals surface area contributed by atoms with Gasteiger partial charge in [0.15, 0.2) is 12.6 Å². The predicted octanol–water partition coefficient (Wildman–Crippen LogP) is 4.08. The average Bonchev–Trinajstić information content (AvgIpc) is 2.92. The number of halogens is 4. The van der Waals surface area contributed by atoms with Crippen LogP contribution in [-0.4, -0.2) is 19.1 Å². The molecule has 0 aliphatic heterocycles. The van der Waals surface area contributed by atoms with Gasteiger partial charge in [-0.1, -0.05) is 5.16 Å². The summed E-state index contributed by atoms with van der Waals surface area (Å²) in [4.78, 5) is 0. The molecule has 0 aliphatic rings. The van der Waals surface area contributed by atoms with Crippen molar-refractivity contribution >= 4 is 11.6 Å². The van der Waals surface area contributed by atoms with Gasteiger partial charge < -0.3 is 14.0 Å². The van der Waals surface area contributed by atoms with E-state index in [2.05, 4.69) is 9.89 Å². The van der Waals surface area contributed by atoms with E-state index in [0.29, 0.717) is 5.76 Å². The zero-order valence-electron chi connectivity index (χ0n) is 10.9. The summed E-state index contributed by atoms with van der Waals surface area (Å²) in [6, 6.07) is 4.93. The first-order chi connectivity index (χ1) is 9.95. The lowest BCUT2D eigenvalue weighted by Gasteiger charge is -2.13. The molecule has 21 heavy (non-hydrogen) atoms. The van der Waals surface area contributed by atoms with Gasteiger partial charge in [-0.05, 0) is 18.2 Å². The fraction of sp³-hybridized carbons (Fsp3) is 0.308. The van der Waals surface area contributed by atoms with Crippen LogP contribution in [0.1, 0.15) is 11.3 Å². The minimum absolute atomic E-state index is 0.0311. The second-order valence-corrected chi connectivity index (χ2v) is 4.34. The summed E-state index contributed by atoms with van der Waals surface area (Å²) >= 11 is 5.55. The molecule has 114 valence electrons. The minimum Gasteiger partial charge on any atom is -0.468 e. The van der Waals surface area contributed by atoms with Crippen LogP contribution in [0.25, 0.3) is 11.3 Å². The number of ether oxygens (including phenoxy) is 2. The number of hydrogen-bond donors (Lipinski definition) is 0. The van der Waals surface area contributed by atoms with Crippen LogP contribution >= 0.6 is 11.6 Å². The third-order valence-electron chi connectivity index (χ3n) is 2.61. The van der Waals surface area contributed by atoms with Gasteiger partial charge in [0.2, 0.25) is 0 Å². The molecule has 0 saturated carbocycles. The Morgan fingerprint density at radius 3 is 2.62 bits per heavy atom. The maximum atomic E-state index is 13.2. The van der Waals surface area contributed by atoms with Gasteiger partial charge in [0.1, 0.15) is 11.4 Å². The number of alkyl halides is 4. The highest BCUT2D eigenvalue weighted by molar-refractivity contribution is 6.16. The maximum absolute atomic E-state index is 13.2. The van der Waals surface area contributed by atoms with Gasteiger partial charge in [0, 0.05) is 18.7 Å². The van der Waals surface area contributed by atoms with Crippen molar-refractivity contribution < 1.29 is 27.2 Å². The molecular weight excluding hydrogens is 311 g/mol. The first-order valence-electron chi connectivity index (χ1n) is 5.80. The normalized spacial score (nSPS) is 11.7. The summed E-state index contributed by atoms with van der Waals surface area (Å²) in [5, 5.41) is 3.60. The summed E-state index contributed by atoms with van der Waals surface area (Å²) in [7, 11) is 1.38. The van der Waals surface area contributed by atoms with E-state index in [9.17, 15) is 13.2 Å². The average molecular weight is 322 g/mol. The van der Waals surface area contributed by atoms with Crippen LogP contribution in [0.4, 0.5) is 13.2 Å². The van der Waals surface area contributed by atoms with Crippen LogP contribution in [0.3, 0.4) is 0 Å². The number of aromatic nitrogens is 1. The predicted molar refractivity (Wildman–Crippen MR) is 69.0 cm³/mol. The molecule has 1 aromatic carbocycles. The number of hydrogen-bond acceptors (Lipinski definition) is 4. The van der Waals surface area contributed by atoms with Gasteiger partial charge >= 0.3 is 6.18 Å². The molecule has 0 radical (unpaired) electrons. The quantitative estimate of drug-likeness (QED) is 0.615. The molecule has 8 heteroatoms. The van der Waals surface area contributed by atoms with Crippen molar-refractivity contribution in [3.63, 3.8) is 0 Å². The molecule has 0 spiro atoms. The summed E-state index contributed by atoms with van der Waals surface area (Å²) < 4.78 is 54.0. The third-order valence-corrected chi connectivity index (χ3v) is 2.87. The van der Waals surface area contributed by atoms with Crippen molar-refractivity contribution in [2.24, 2.45) is 0 Å². The fourth-order valence-corrected chi connectivity index (χ4v) is 1.83. The van der Waals surface area contributed by atoms with Crippen LogP contribution in [0.15, 0.2) is 28.8 Å². The fourth-order valence-electron chi connectivity index (χ4n) is 1.70. The molecule has 0 N–H and O–H groups in total. The van der Waals surface area contributed by atoms with Gasteiger partial charge in [-0.15, -0.1) is 11.6 Å². The Morgan fingerprint density at radius 1 is 1.29 bits per heavy atom. The zero-order valence-corrected chi connectivity index (χ0v) is 11.7. The standard InChI is InChI=1S/C13H11ClF3NO3/c1-19-7-20-8-2-3-10(11(4-8)13(15,16)17)12-5-9(6-14)21-18-12/h2-5H,6-7H2,1H3. The number of methoxy groups -OCH3 is 1. The van der Waals surface area contributed by atoms with Crippen molar-refractivity contribution in [3.05, 3.63) is 35.6 Å². The molecule has 2 aromatic rings. The van der Waals surface area contributed by atoms with Crippen molar-refractivity contribution in [1.82, 2.24) is 5.16 Å². The summed E-state index contributed by atoms with van der Waals surface area (Å²) in [5.41, 5.74) is -0.908. The van der Waals surface area contributed by atoms with E-state index in [1.807, 2.05) is 0 Å². The van der Waals surface area contributed by atoms with E-state index in [4.69, 9.17) is 20.9 Å². The lowest BCUT2D eigenvalue weighted by Crippen LogP contribution is -2.08. The van der Waals surface area contributed by atoms with Crippen molar-refractivity contribution in [3.8, 4) is 17.0 Å². The van der Waals surface area contributed by atoms with E-state index in [1.165, 1.54) is 25.3 Å². The number of rotatable bonds is 5. The minimum atomic E-state index is -4.55. The van der Waals surface area contributed by atoms with Crippen LogP contribution in [0.5, 0.6) is 5.75 Å². The Morgan fingerprint density at radius 2 is 2.05 bits per heavy atom. The molecule has 0 amide bonds. The molecule has 0 fully saturated rings. The summed E-state index contributed by atoms with van der Waals surface area (Å²) in [5.74, 6) is 0.372. The number of nitrogens with zero attached hydrogens (tertiary/aromatic N) is 1. The Labute approximate surface area is 123 Å². The van der Waals surface area contributed by atoms with E-state index in [1.54, 1.807) is 0 Å². The van der Waals surface area contributed by atoms with E-state index >= 15 is 0 Å². The molecule has 2 rings (SSSR count). The van der Waals surface area contributed by atoms with Crippen molar-refractivity contribution in [2.75, 3.05) is 13.9 Å². The molecule has 0 bridgehead atoms. The topological polar surface area (TPSA) is 44.5 Å². The first kappa shape index (κ1) is 15.7. The summed E-state index contributed by atoms with van der Waals surface area (Å²) in [6.07, 6.45) is -4.55. The second kappa shape index (κ2) is 6.36. The first-order valence-corrected chi connectivity index (χ1v) is 6.34. The zero-order chi connectivity index (χ0) is 15.5.